The van der Waals surface area contributed by atoms with Gasteiger partial charge in [0.25, 0.3) is 0 Å². The first kappa shape index (κ1) is 18.4. The van der Waals surface area contributed by atoms with Gasteiger partial charge in [-0.25, -0.2) is 4.79 Å². The SMILES string of the molecule is Cn1nccc1-c1cncc(CNC(=O)Nc2ccc(C(F)(F)F)cc2)c1. The highest BCUT2D eigenvalue weighted by atomic mass is 19.4. The standard InChI is InChI=1S/C18H16F3N5O/c1-26-16(6-7-24-26)13-8-12(9-22-11-13)10-23-17(27)25-15-4-2-14(3-5-15)18(19,20)21/h2-9,11H,10H2,1H3,(H2,23,25,27). The van der Waals surface area contributed by atoms with Gasteiger partial charge in [0, 0.05) is 43.4 Å². The maximum Gasteiger partial charge on any atom is 0.416 e. The molecule has 0 aliphatic carbocycles. The quantitative estimate of drug-likeness (QED) is 0.728. The van der Waals surface area contributed by atoms with Crippen LogP contribution in [0, 0.1) is 0 Å². The number of hydrogen-bond donors (Lipinski definition) is 2. The molecule has 0 bridgehead atoms. The van der Waals surface area contributed by atoms with Gasteiger partial charge in [-0.2, -0.15) is 18.3 Å². The minimum Gasteiger partial charge on any atom is -0.334 e. The lowest BCUT2D eigenvalue weighted by molar-refractivity contribution is -0.137. The second-order valence-corrected chi connectivity index (χ2v) is 5.80. The largest absolute Gasteiger partial charge is 0.416 e. The van der Waals surface area contributed by atoms with Crippen molar-refractivity contribution in [3.8, 4) is 11.3 Å². The van der Waals surface area contributed by atoms with Crippen LogP contribution in [0.4, 0.5) is 23.7 Å². The van der Waals surface area contributed by atoms with Crippen molar-refractivity contribution in [1.29, 1.82) is 0 Å². The van der Waals surface area contributed by atoms with Crippen molar-refractivity contribution in [1.82, 2.24) is 20.1 Å². The van der Waals surface area contributed by atoms with E-state index < -0.39 is 17.8 Å². The van der Waals surface area contributed by atoms with Crippen molar-refractivity contribution in [2.24, 2.45) is 7.05 Å². The Hall–Kier alpha value is -3.36. The van der Waals surface area contributed by atoms with Gasteiger partial charge in [-0.05, 0) is 42.0 Å². The Balaban J connectivity index is 1.59. The monoisotopic (exact) mass is 375 g/mol. The number of nitrogens with one attached hydrogen (secondary N) is 2. The molecule has 27 heavy (non-hydrogen) atoms. The van der Waals surface area contributed by atoms with Gasteiger partial charge in [0.05, 0.1) is 11.3 Å². The highest BCUT2D eigenvalue weighted by molar-refractivity contribution is 5.89. The number of amides is 2. The fourth-order valence-corrected chi connectivity index (χ4v) is 2.48. The van der Waals surface area contributed by atoms with Crippen molar-refractivity contribution in [3.63, 3.8) is 0 Å². The van der Waals surface area contributed by atoms with Crippen molar-refractivity contribution in [2.45, 2.75) is 12.7 Å². The molecule has 0 spiro atoms. The van der Waals surface area contributed by atoms with E-state index in [2.05, 4.69) is 20.7 Å². The summed E-state index contributed by atoms with van der Waals surface area (Å²) in [5, 5.41) is 9.24. The Labute approximate surface area is 153 Å². The first-order valence-electron chi connectivity index (χ1n) is 7.97. The lowest BCUT2D eigenvalue weighted by Gasteiger charge is -2.10. The Morgan fingerprint density at radius 1 is 1.15 bits per heavy atom. The van der Waals surface area contributed by atoms with Gasteiger partial charge < -0.3 is 10.6 Å². The van der Waals surface area contributed by atoms with E-state index >= 15 is 0 Å². The molecule has 0 saturated carbocycles. The minimum atomic E-state index is -4.41. The molecule has 6 nitrogen and oxygen atoms in total. The molecule has 9 heteroatoms. The third-order valence-electron chi connectivity index (χ3n) is 3.83. The number of hydrogen-bond acceptors (Lipinski definition) is 3. The van der Waals surface area contributed by atoms with Gasteiger partial charge in [-0.3, -0.25) is 9.67 Å². The molecule has 0 saturated heterocycles. The summed E-state index contributed by atoms with van der Waals surface area (Å²) in [6, 6.07) is 7.43. The zero-order valence-electron chi connectivity index (χ0n) is 14.3. The predicted octanol–water partition coefficient (Wildman–Crippen LogP) is 3.82. The van der Waals surface area contributed by atoms with Gasteiger partial charge >= 0.3 is 12.2 Å². The molecule has 140 valence electrons. The van der Waals surface area contributed by atoms with Gasteiger partial charge in [0.2, 0.25) is 0 Å². The van der Waals surface area contributed by atoms with Crippen molar-refractivity contribution in [3.05, 3.63) is 66.1 Å². The number of rotatable bonds is 4. The van der Waals surface area contributed by atoms with Gasteiger partial charge in [0.15, 0.2) is 0 Å². The van der Waals surface area contributed by atoms with Crippen LogP contribution in [-0.4, -0.2) is 20.8 Å². The summed E-state index contributed by atoms with van der Waals surface area (Å²) < 4.78 is 39.3. The number of pyridine rings is 1. The Bertz CT molecular complexity index is 935. The summed E-state index contributed by atoms with van der Waals surface area (Å²) in [6.07, 6.45) is 0.589. The second-order valence-electron chi connectivity index (χ2n) is 5.80. The number of nitrogens with zero attached hydrogens (tertiary/aromatic N) is 3. The summed E-state index contributed by atoms with van der Waals surface area (Å²) in [5.41, 5.74) is 2.01. The Morgan fingerprint density at radius 2 is 1.89 bits per heavy atom. The zero-order chi connectivity index (χ0) is 19.4. The molecular formula is C18H16F3N5O. The van der Waals surface area contributed by atoms with Crippen LogP contribution < -0.4 is 10.6 Å². The summed E-state index contributed by atoms with van der Waals surface area (Å²) in [5.74, 6) is 0. The van der Waals surface area contributed by atoms with E-state index in [1.165, 1.54) is 12.1 Å². The summed E-state index contributed by atoms with van der Waals surface area (Å²) >= 11 is 0. The molecule has 2 amide bonds. The van der Waals surface area contributed by atoms with E-state index in [0.29, 0.717) is 0 Å². The van der Waals surface area contributed by atoms with E-state index in [9.17, 15) is 18.0 Å². The highest BCUT2D eigenvalue weighted by Crippen LogP contribution is 2.29. The number of benzene rings is 1. The molecule has 0 radical (unpaired) electrons. The van der Waals surface area contributed by atoms with E-state index in [1.807, 2.05) is 19.2 Å². The molecule has 2 N–H and O–H groups in total. The number of anilines is 1. The molecule has 0 aliphatic heterocycles. The first-order valence-corrected chi connectivity index (χ1v) is 7.97. The first-order chi connectivity index (χ1) is 12.8. The van der Waals surface area contributed by atoms with Crippen molar-refractivity contribution < 1.29 is 18.0 Å². The van der Waals surface area contributed by atoms with Crippen molar-refractivity contribution >= 4 is 11.7 Å². The number of carbonyl (C=O) groups is 1. The fraction of sp³-hybridized carbons (Fsp3) is 0.167. The lowest BCUT2D eigenvalue weighted by atomic mass is 10.1. The predicted molar refractivity (Wildman–Crippen MR) is 93.7 cm³/mol. The van der Waals surface area contributed by atoms with Crippen LogP contribution in [0.5, 0.6) is 0 Å². The molecule has 3 aromatic rings. The number of alkyl halides is 3. The van der Waals surface area contributed by atoms with Crippen LogP contribution in [0.3, 0.4) is 0 Å². The minimum absolute atomic E-state index is 0.213. The average molecular weight is 375 g/mol. The van der Waals surface area contributed by atoms with Gasteiger partial charge in [-0.15, -0.1) is 0 Å². The number of aryl methyl sites for hydroxylation is 1. The Kier molecular flexibility index (Phi) is 5.11. The topological polar surface area (TPSA) is 71.8 Å². The molecular weight excluding hydrogens is 359 g/mol. The lowest BCUT2D eigenvalue weighted by Crippen LogP contribution is -2.28. The zero-order valence-corrected chi connectivity index (χ0v) is 14.3. The maximum atomic E-state index is 12.5. The molecule has 0 unspecified atom stereocenters. The van der Waals surface area contributed by atoms with E-state index in [-0.39, 0.29) is 12.2 Å². The summed E-state index contributed by atoms with van der Waals surface area (Å²) in [4.78, 5) is 16.1. The smallest absolute Gasteiger partial charge is 0.334 e. The van der Waals surface area contributed by atoms with Crippen LogP contribution in [-0.2, 0) is 19.8 Å². The molecule has 3 rings (SSSR count). The fourth-order valence-electron chi connectivity index (χ4n) is 2.48. The van der Waals surface area contributed by atoms with E-state index in [1.54, 1.807) is 23.3 Å². The molecule has 0 fully saturated rings. The maximum absolute atomic E-state index is 12.5. The molecule has 2 aromatic heterocycles. The molecule has 2 heterocycles. The normalized spacial score (nSPS) is 11.3. The van der Waals surface area contributed by atoms with E-state index in [4.69, 9.17) is 0 Å². The van der Waals surface area contributed by atoms with Crippen LogP contribution in [0.1, 0.15) is 11.1 Å². The summed E-state index contributed by atoms with van der Waals surface area (Å²) in [7, 11) is 1.82. The Morgan fingerprint density at radius 3 is 2.52 bits per heavy atom. The van der Waals surface area contributed by atoms with E-state index in [0.717, 1.165) is 29.0 Å². The number of carbonyl (C=O) groups excluding carboxylic acids is 1. The molecule has 0 atom stereocenters. The highest BCUT2D eigenvalue weighted by Gasteiger charge is 2.29. The van der Waals surface area contributed by atoms with Crippen LogP contribution in [0.15, 0.2) is 55.0 Å². The second kappa shape index (κ2) is 7.48. The number of halogens is 3. The molecule has 1 aromatic carbocycles. The third-order valence-corrected chi connectivity index (χ3v) is 3.83. The summed E-state index contributed by atoms with van der Waals surface area (Å²) in [6.45, 7) is 0.213. The van der Waals surface area contributed by atoms with Crippen LogP contribution >= 0.6 is 0 Å². The van der Waals surface area contributed by atoms with Gasteiger partial charge in [0.1, 0.15) is 0 Å². The average Bonchev–Trinajstić information content (AvgIpc) is 3.06. The third kappa shape index (κ3) is 4.63. The van der Waals surface area contributed by atoms with Crippen LogP contribution in [0.25, 0.3) is 11.3 Å². The number of urea groups is 1. The van der Waals surface area contributed by atoms with Crippen LogP contribution in [0.2, 0.25) is 0 Å². The van der Waals surface area contributed by atoms with Gasteiger partial charge in [-0.1, -0.05) is 0 Å². The molecule has 0 aliphatic rings. The number of aromatic nitrogens is 3. The van der Waals surface area contributed by atoms with Crippen molar-refractivity contribution in [2.75, 3.05) is 5.32 Å².